The Bertz CT molecular complexity index is 772. The van der Waals surface area contributed by atoms with Gasteiger partial charge in [-0.05, 0) is 44.9 Å². The molecule has 0 aliphatic rings. The summed E-state index contributed by atoms with van der Waals surface area (Å²) in [4.78, 5) is 0.547. The van der Waals surface area contributed by atoms with Gasteiger partial charge in [0.2, 0.25) is 9.84 Å². The third-order valence-corrected chi connectivity index (χ3v) is 6.09. The summed E-state index contributed by atoms with van der Waals surface area (Å²) in [6.45, 7) is 8.54. The van der Waals surface area contributed by atoms with E-state index >= 15 is 0 Å². The SMILES string of the molecule is CCCCn1c(C)c(C)c(S(=O)(=O)c2ccc(C)cc2)c1N. The molecule has 1 aromatic carbocycles. The molecule has 120 valence electrons. The summed E-state index contributed by atoms with van der Waals surface area (Å²) < 4.78 is 27.8. The number of hydrogen-bond acceptors (Lipinski definition) is 3. The molecule has 5 heteroatoms. The van der Waals surface area contributed by atoms with Crippen molar-refractivity contribution in [2.75, 3.05) is 5.73 Å². The van der Waals surface area contributed by atoms with Crippen LogP contribution in [0, 0.1) is 20.8 Å². The smallest absolute Gasteiger partial charge is 0.210 e. The van der Waals surface area contributed by atoms with Crippen molar-refractivity contribution in [3.63, 3.8) is 0 Å². The Morgan fingerprint density at radius 3 is 2.23 bits per heavy atom. The molecule has 0 spiro atoms. The molecule has 0 amide bonds. The van der Waals surface area contributed by atoms with Crippen LogP contribution in [0.3, 0.4) is 0 Å². The predicted octanol–water partition coefficient (Wildman–Crippen LogP) is 3.63. The van der Waals surface area contributed by atoms with Gasteiger partial charge in [-0.3, -0.25) is 0 Å². The highest BCUT2D eigenvalue weighted by Crippen LogP contribution is 2.33. The van der Waals surface area contributed by atoms with Gasteiger partial charge in [-0.15, -0.1) is 0 Å². The Balaban J connectivity index is 2.59. The zero-order chi connectivity index (χ0) is 16.5. The van der Waals surface area contributed by atoms with Gasteiger partial charge in [0.15, 0.2) is 0 Å². The first-order chi connectivity index (χ1) is 10.3. The first-order valence-electron chi connectivity index (χ1n) is 7.57. The van der Waals surface area contributed by atoms with E-state index in [1.54, 1.807) is 24.3 Å². The van der Waals surface area contributed by atoms with Gasteiger partial charge in [-0.2, -0.15) is 0 Å². The molecule has 0 aliphatic carbocycles. The summed E-state index contributed by atoms with van der Waals surface area (Å²) in [5.74, 6) is 0.351. The summed E-state index contributed by atoms with van der Waals surface area (Å²) in [6, 6.07) is 6.89. The minimum absolute atomic E-state index is 0.255. The van der Waals surface area contributed by atoms with Gasteiger partial charge in [0.1, 0.15) is 10.7 Å². The number of unbranched alkanes of at least 4 members (excludes halogenated alkanes) is 1. The molecular weight excluding hydrogens is 296 g/mol. The summed E-state index contributed by atoms with van der Waals surface area (Å²) in [6.07, 6.45) is 2.01. The third-order valence-electron chi connectivity index (χ3n) is 4.15. The lowest BCUT2D eigenvalue weighted by Gasteiger charge is -2.09. The fraction of sp³-hybridized carbons (Fsp3) is 0.412. The first-order valence-corrected chi connectivity index (χ1v) is 9.06. The van der Waals surface area contributed by atoms with Gasteiger partial charge in [0.25, 0.3) is 0 Å². The van der Waals surface area contributed by atoms with Crippen LogP contribution >= 0.6 is 0 Å². The number of anilines is 1. The molecule has 0 unspecified atom stereocenters. The maximum absolute atomic E-state index is 12.9. The minimum Gasteiger partial charge on any atom is -0.384 e. The molecule has 0 bridgehead atoms. The fourth-order valence-electron chi connectivity index (χ4n) is 2.64. The van der Waals surface area contributed by atoms with Crippen molar-refractivity contribution in [1.82, 2.24) is 4.57 Å². The van der Waals surface area contributed by atoms with Crippen LogP contribution in [0.1, 0.15) is 36.6 Å². The lowest BCUT2D eigenvalue weighted by molar-refractivity contribution is 0.595. The van der Waals surface area contributed by atoms with Crippen molar-refractivity contribution in [1.29, 1.82) is 0 Å². The fourth-order valence-corrected chi connectivity index (χ4v) is 4.31. The largest absolute Gasteiger partial charge is 0.384 e. The number of aryl methyl sites for hydroxylation is 1. The Morgan fingerprint density at radius 2 is 1.68 bits per heavy atom. The van der Waals surface area contributed by atoms with Gasteiger partial charge in [-0.25, -0.2) is 8.42 Å². The zero-order valence-electron chi connectivity index (χ0n) is 13.7. The quantitative estimate of drug-likeness (QED) is 0.915. The van der Waals surface area contributed by atoms with E-state index in [0.717, 1.165) is 36.2 Å². The Labute approximate surface area is 132 Å². The highest BCUT2D eigenvalue weighted by molar-refractivity contribution is 7.91. The van der Waals surface area contributed by atoms with Crippen LogP contribution in [0.5, 0.6) is 0 Å². The van der Waals surface area contributed by atoms with E-state index in [4.69, 9.17) is 5.73 Å². The Hall–Kier alpha value is -1.75. The monoisotopic (exact) mass is 320 g/mol. The number of nitrogens with zero attached hydrogens (tertiary/aromatic N) is 1. The van der Waals surface area contributed by atoms with Crippen LogP contribution in [0.15, 0.2) is 34.1 Å². The molecule has 0 saturated carbocycles. The van der Waals surface area contributed by atoms with Crippen molar-refractivity contribution < 1.29 is 8.42 Å². The van der Waals surface area contributed by atoms with Gasteiger partial charge in [0.05, 0.1) is 4.90 Å². The maximum atomic E-state index is 12.9. The molecule has 0 radical (unpaired) electrons. The van der Waals surface area contributed by atoms with Gasteiger partial charge < -0.3 is 10.3 Å². The van der Waals surface area contributed by atoms with Crippen molar-refractivity contribution in [2.45, 2.75) is 56.9 Å². The zero-order valence-corrected chi connectivity index (χ0v) is 14.5. The molecule has 2 aromatic rings. The molecule has 0 aliphatic heterocycles. The molecule has 0 atom stereocenters. The standard InChI is InChI=1S/C17H24N2O2S/c1-5-6-11-19-14(4)13(3)16(17(19)18)22(20,21)15-9-7-12(2)8-10-15/h7-10H,5-6,11,18H2,1-4H3. The van der Waals surface area contributed by atoms with E-state index in [0.29, 0.717) is 10.7 Å². The number of nitrogens with two attached hydrogens (primary N) is 1. The Morgan fingerprint density at radius 1 is 1.09 bits per heavy atom. The van der Waals surface area contributed by atoms with Crippen molar-refractivity contribution >= 4 is 15.7 Å². The maximum Gasteiger partial charge on any atom is 0.210 e. The van der Waals surface area contributed by atoms with Gasteiger partial charge in [0, 0.05) is 12.2 Å². The molecule has 0 fully saturated rings. The van der Waals surface area contributed by atoms with Crippen LogP contribution < -0.4 is 5.73 Å². The number of benzene rings is 1. The second-order valence-electron chi connectivity index (χ2n) is 5.75. The second kappa shape index (κ2) is 6.16. The van der Waals surface area contributed by atoms with E-state index in [1.807, 2.05) is 25.3 Å². The molecular formula is C17H24N2O2S. The van der Waals surface area contributed by atoms with E-state index in [2.05, 4.69) is 6.92 Å². The molecule has 1 heterocycles. The van der Waals surface area contributed by atoms with E-state index in [-0.39, 0.29) is 4.90 Å². The first kappa shape index (κ1) is 16.6. The Kier molecular flexibility index (Phi) is 4.66. The second-order valence-corrected chi connectivity index (χ2v) is 7.63. The van der Waals surface area contributed by atoms with Gasteiger partial charge >= 0.3 is 0 Å². The number of nitrogen functional groups attached to an aromatic ring is 1. The summed E-state index contributed by atoms with van der Waals surface area (Å²) in [7, 11) is -3.59. The molecule has 2 N–H and O–H groups in total. The van der Waals surface area contributed by atoms with Crippen LogP contribution in [0.2, 0.25) is 0 Å². The summed E-state index contributed by atoms with van der Waals surface area (Å²) in [5, 5.41) is 0. The van der Waals surface area contributed by atoms with E-state index in [9.17, 15) is 8.42 Å². The topological polar surface area (TPSA) is 65.1 Å². The predicted molar refractivity (Wildman–Crippen MR) is 89.9 cm³/mol. The number of rotatable bonds is 5. The highest BCUT2D eigenvalue weighted by Gasteiger charge is 2.27. The summed E-state index contributed by atoms with van der Waals surface area (Å²) in [5.41, 5.74) is 8.88. The lowest BCUT2D eigenvalue weighted by atomic mass is 10.2. The lowest BCUT2D eigenvalue weighted by Crippen LogP contribution is -2.09. The van der Waals surface area contributed by atoms with E-state index in [1.165, 1.54) is 0 Å². The van der Waals surface area contributed by atoms with Crippen LogP contribution in [-0.4, -0.2) is 13.0 Å². The molecule has 2 rings (SSSR count). The average molecular weight is 320 g/mol. The summed E-state index contributed by atoms with van der Waals surface area (Å²) >= 11 is 0. The van der Waals surface area contributed by atoms with Crippen LogP contribution in [0.4, 0.5) is 5.82 Å². The van der Waals surface area contributed by atoms with Crippen molar-refractivity contribution in [3.8, 4) is 0 Å². The molecule has 0 saturated heterocycles. The number of aromatic nitrogens is 1. The molecule has 22 heavy (non-hydrogen) atoms. The minimum atomic E-state index is -3.59. The van der Waals surface area contributed by atoms with Crippen molar-refractivity contribution in [3.05, 3.63) is 41.1 Å². The highest BCUT2D eigenvalue weighted by atomic mass is 32.2. The van der Waals surface area contributed by atoms with Crippen LogP contribution in [-0.2, 0) is 16.4 Å². The number of sulfone groups is 1. The molecule has 4 nitrogen and oxygen atoms in total. The number of hydrogen-bond donors (Lipinski definition) is 1. The van der Waals surface area contributed by atoms with Crippen LogP contribution in [0.25, 0.3) is 0 Å². The third kappa shape index (κ3) is 2.77. The van der Waals surface area contributed by atoms with Gasteiger partial charge in [-0.1, -0.05) is 31.0 Å². The average Bonchev–Trinajstić information content (AvgIpc) is 2.68. The van der Waals surface area contributed by atoms with Crippen molar-refractivity contribution in [2.24, 2.45) is 0 Å². The van der Waals surface area contributed by atoms with E-state index < -0.39 is 9.84 Å². The molecule has 1 aromatic heterocycles. The normalized spacial score (nSPS) is 11.8.